The lowest BCUT2D eigenvalue weighted by molar-refractivity contribution is -0.137. The maximum Gasteiger partial charge on any atom is 0.416 e. The van der Waals surface area contributed by atoms with Gasteiger partial charge in [0.2, 0.25) is 0 Å². The molecule has 0 aliphatic carbocycles. The van der Waals surface area contributed by atoms with Gasteiger partial charge in [-0.05, 0) is 48.0 Å². The Bertz CT molecular complexity index is 1680. The largest absolute Gasteiger partial charge is 0.416 e. The van der Waals surface area contributed by atoms with Crippen LogP contribution in [0.2, 0.25) is 0 Å². The molecule has 0 bridgehead atoms. The molecule has 4 heterocycles. The average molecular weight is 505 g/mol. The fraction of sp³-hybridized carbons (Fsp3) is 0.222. The van der Waals surface area contributed by atoms with Gasteiger partial charge < -0.3 is 10.2 Å². The fourth-order valence-electron chi connectivity index (χ4n) is 4.88. The lowest BCUT2D eigenvalue weighted by Gasteiger charge is -2.28. The van der Waals surface area contributed by atoms with Crippen LogP contribution in [0.25, 0.3) is 38.8 Å². The molecule has 0 atom stereocenters. The van der Waals surface area contributed by atoms with E-state index in [2.05, 4.69) is 20.2 Å². The summed E-state index contributed by atoms with van der Waals surface area (Å²) in [4.78, 5) is 24.6. The second-order valence-electron chi connectivity index (χ2n) is 9.09. The number of anilines is 1. The highest BCUT2D eigenvalue weighted by Crippen LogP contribution is 2.33. The number of halogens is 3. The second-order valence-corrected chi connectivity index (χ2v) is 9.09. The van der Waals surface area contributed by atoms with Crippen molar-refractivity contribution in [3.05, 3.63) is 83.0 Å². The van der Waals surface area contributed by atoms with E-state index in [0.29, 0.717) is 21.9 Å². The number of rotatable bonds is 3. The van der Waals surface area contributed by atoms with E-state index < -0.39 is 17.4 Å². The van der Waals surface area contributed by atoms with E-state index in [1.807, 2.05) is 36.5 Å². The van der Waals surface area contributed by atoms with Crippen molar-refractivity contribution < 1.29 is 13.2 Å². The highest BCUT2D eigenvalue weighted by molar-refractivity contribution is 6.04. The molecule has 0 unspecified atom stereocenters. The maximum absolute atomic E-state index is 13.4. The molecule has 0 radical (unpaired) electrons. The first-order valence-corrected chi connectivity index (χ1v) is 11.9. The third-order valence-corrected chi connectivity index (χ3v) is 6.84. The molecule has 188 valence electrons. The first kappa shape index (κ1) is 23.2. The molecule has 10 heteroatoms. The molecule has 5 aromatic rings. The van der Waals surface area contributed by atoms with Crippen LogP contribution in [-0.2, 0) is 13.2 Å². The normalized spacial score (nSPS) is 14.5. The molecule has 6 rings (SSSR count). The molecule has 1 N–H and O–H groups in total. The monoisotopic (exact) mass is 504 g/mol. The third kappa shape index (κ3) is 4.03. The van der Waals surface area contributed by atoms with E-state index in [4.69, 9.17) is 0 Å². The fourth-order valence-corrected chi connectivity index (χ4v) is 4.88. The van der Waals surface area contributed by atoms with Crippen molar-refractivity contribution in [2.45, 2.75) is 6.18 Å². The summed E-state index contributed by atoms with van der Waals surface area (Å²) >= 11 is 0. The summed E-state index contributed by atoms with van der Waals surface area (Å²) in [6.45, 7) is 3.63. The lowest BCUT2D eigenvalue weighted by atomic mass is 10.0. The number of hydrogen-bond acceptors (Lipinski definition) is 5. The van der Waals surface area contributed by atoms with Crippen LogP contribution in [0.15, 0.2) is 71.8 Å². The number of aromatic nitrogens is 4. The van der Waals surface area contributed by atoms with Gasteiger partial charge in [0, 0.05) is 50.4 Å². The molecule has 37 heavy (non-hydrogen) atoms. The number of benzene rings is 2. The minimum absolute atomic E-state index is 0.144. The zero-order chi connectivity index (χ0) is 25.7. The van der Waals surface area contributed by atoms with Gasteiger partial charge in [0.05, 0.1) is 34.0 Å². The molecular formula is C27H23F3N6O. The van der Waals surface area contributed by atoms with Crippen molar-refractivity contribution >= 4 is 27.8 Å². The Hall–Kier alpha value is -4.18. The molecule has 0 spiro atoms. The third-order valence-electron chi connectivity index (χ3n) is 6.84. The number of pyridine rings is 2. The molecule has 1 aliphatic heterocycles. The van der Waals surface area contributed by atoms with E-state index in [-0.39, 0.29) is 5.69 Å². The lowest BCUT2D eigenvalue weighted by Crippen LogP contribution is -2.43. The molecule has 7 nitrogen and oxygen atoms in total. The first-order chi connectivity index (χ1) is 17.8. The Labute approximate surface area is 209 Å². The number of nitrogens with zero attached hydrogens (tertiary/aromatic N) is 5. The highest BCUT2D eigenvalue weighted by Gasteiger charge is 2.31. The summed E-state index contributed by atoms with van der Waals surface area (Å²) in [5, 5.41) is 3.99. The Balaban J connectivity index is 1.51. The molecule has 0 saturated carbocycles. The number of hydrogen-bond donors (Lipinski definition) is 1. The van der Waals surface area contributed by atoms with Gasteiger partial charge in [-0.2, -0.15) is 13.2 Å². The van der Waals surface area contributed by atoms with Gasteiger partial charge in [0.15, 0.2) is 0 Å². The quantitative estimate of drug-likeness (QED) is 0.395. The van der Waals surface area contributed by atoms with Crippen LogP contribution in [0.1, 0.15) is 5.56 Å². The van der Waals surface area contributed by atoms with Gasteiger partial charge in [0.1, 0.15) is 5.82 Å². The van der Waals surface area contributed by atoms with Crippen LogP contribution in [0.4, 0.5) is 19.0 Å². The minimum Gasteiger partial charge on any atom is -0.354 e. The maximum atomic E-state index is 13.4. The number of fused-ring (bicyclic) bond motifs is 3. The Morgan fingerprint density at radius 2 is 1.70 bits per heavy atom. The van der Waals surface area contributed by atoms with Crippen LogP contribution in [-0.4, -0.2) is 45.3 Å². The van der Waals surface area contributed by atoms with E-state index in [9.17, 15) is 18.0 Å². The zero-order valence-electron chi connectivity index (χ0n) is 20.0. The van der Waals surface area contributed by atoms with E-state index in [1.54, 1.807) is 13.2 Å². The standard InChI is InChI=1S/C27H23F3N6O/c1-34-23-16-32-22-7-5-17(18-6-8-24(33-15-18)35-11-9-31-10-12-35)13-21(22)25(23)36(26(34)37)20-4-2-3-19(14-20)27(28,29)30/h2-8,13-16,31H,9-12H2,1H3. The molecule has 0 amide bonds. The van der Waals surface area contributed by atoms with Crippen LogP contribution in [0.3, 0.4) is 0 Å². The van der Waals surface area contributed by atoms with Crippen LogP contribution >= 0.6 is 0 Å². The van der Waals surface area contributed by atoms with Crippen LogP contribution < -0.4 is 15.9 Å². The Morgan fingerprint density at radius 1 is 0.919 bits per heavy atom. The zero-order valence-corrected chi connectivity index (χ0v) is 20.0. The van der Waals surface area contributed by atoms with Gasteiger partial charge in [-0.25, -0.2) is 9.78 Å². The predicted octanol–water partition coefficient (Wildman–Crippen LogP) is 4.37. The van der Waals surface area contributed by atoms with Gasteiger partial charge in [-0.1, -0.05) is 12.1 Å². The van der Waals surface area contributed by atoms with Crippen molar-refractivity contribution in [3.63, 3.8) is 0 Å². The van der Waals surface area contributed by atoms with Crippen LogP contribution in [0, 0.1) is 0 Å². The van der Waals surface area contributed by atoms with Gasteiger partial charge in [0.25, 0.3) is 0 Å². The topological polar surface area (TPSA) is 68.0 Å². The molecule has 2 aromatic carbocycles. The summed E-state index contributed by atoms with van der Waals surface area (Å²) in [6, 6.07) is 14.5. The number of nitrogens with one attached hydrogen (secondary N) is 1. The summed E-state index contributed by atoms with van der Waals surface area (Å²) < 4.78 is 43.0. The molecule has 1 aliphatic rings. The summed E-state index contributed by atoms with van der Waals surface area (Å²) in [5.74, 6) is 0.913. The van der Waals surface area contributed by atoms with Crippen molar-refractivity contribution in [2.75, 3.05) is 31.1 Å². The summed E-state index contributed by atoms with van der Waals surface area (Å²) in [7, 11) is 1.59. The van der Waals surface area contributed by atoms with E-state index in [1.165, 1.54) is 21.3 Å². The summed E-state index contributed by atoms with van der Waals surface area (Å²) in [6.07, 6.45) is -1.13. The molecule has 3 aromatic heterocycles. The molecular weight excluding hydrogens is 481 g/mol. The molecule has 1 fully saturated rings. The number of aryl methyl sites for hydroxylation is 1. The SMILES string of the molecule is Cn1c(=O)n(-c2cccc(C(F)(F)F)c2)c2c3cc(-c4ccc(N5CCNCC5)nc4)ccc3ncc21. The smallest absolute Gasteiger partial charge is 0.354 e. The predicted molar refractivity (Wildman–Crippen MR) is 137 cm³/mol. The van der Waals surface area contributed by atoms with E-state index >= 15 is 0 Å². The van der Waals surface area contributed by atoms with Crippen molar-refractivity contribution in [1.82, 2.24) is 24.4 Å². The second kappa shape index (κ2) is 8.74. The highest BCUT2D eigenvalue weighted by atomic mass is 19.4. The van der Waals surface area contributed by atoms with Gasteiger partial charge in [-0.3, -0.25) is 14.1 Å². The van der Waals surface area contributed by atoms with E-state index in [0.717, 1.165) is 55.3 Å². The number of imidazole rings is 1. The Morgan fingerprint density at radius 3 is 2.43 bits per heavy atom. The summed E-state index contributed by atoms with van der Waals surface area (Å²) in [5.41, 5.74) is 2.30. The minimum atomic E-state index is -4.52. The van der Waals surface area contributed by atoms with Gasteiger partial charge >= 0.3 is 11.9 Å². The average Bonchev–Trinajstić information content (AvgIpc) is 3.18. The number of piperazine rings is 1. The van der Waals surface area contributed by atoms with Crippen LogP contribution in [0.5, 0.6) is 0 Å². The van der Waals surface area contributed by atoms with Crippen molar-refractivity contribution in [3.8, 4) is 16.8 Å². The molecule has 1 saturated heterocycles. The Kier molecular flexibility index (Phi) is 5.49. The first-order valence-electron chi connectivity index (χ1n) is 11.9. The van der Waals surface area contributed by atoms with Crippen molar-refractivity contribution in [1.29, 1.82) is 0 Å². The van der Waals surface area contributed by atoms with Gasteiger partial charge in [-0.15, -0.1) is 0 Å². The number of alkyl halides is 3. The van der Waals surface area contributed by atoms with Crippen molar-refractivity contribution in [2.24, 2.45) is 7.05 Å².